The van der Waals surface area contributed by atoms with Crippen LogP contribution >= 0.6 is 0 Å². The number of halogens is 3. The van der Waals surface area contributed by atoms with Crippen molar-refractivity contribution in [2.24, 2.45) is 34.0 Å². The Kier molecular flexibility index (Phi) is 11.0. The molecule has 16 heteroatoms. The van der Waals surface area contributed by atoms with Crippen molar-refractivity contribution in [3.63, 3.8) is 0 Å². The van der Waals surface area contributed by atoms with Crippen molar-refractivity contribution in [2.45, 2.75) is 98.1 Å². The number of urea groups is 1. The number of carbonyl (C=O) groups excluding carboxylic acids is 5. The van der Waals surface area contributed by atoms with Crippen LogP contribution in [0.15, 0.2) is 12.7 Å². The number of carbonyl (C=O) groups is 5. The summed E-state index contributed by atoms with van der Waals surface area (Å²) in [5.41, 5.74) is -1.72. The molecule has 2 aliphatic heterocycles. The van der Waals surface area contributed by atoms with Crippen LogP contribution in [0.5, 0.6) is 0 Å². The van der Waals surface area contributed by atoms with Crippen LogP contribution in [0.25, 0.3) is 0 Å². The van der Waals surface area contributed by atoms with E-state index in [9.17, 15) is 41.4 Å². The molecule has 5 amide bonds. The maximum absolute atomic E-state index is 14.4. The van der Waals surface area contributed by atoms with Gasteiger partial charge in [0.25, 0.3) is 5.91 Å². The first kappa shape index (κ1) is 38.8. The van der Waals surface area contributed by atoms with Gasteiger partial charge in [-0.05, 0) is 41.4 Å². The number of ketones is 1. The molecule has 12 nitrogen and oxygen atoms in total. The molecule has 2 aliphatic carbocycles. The Morgan fingerprint density at radius 1 is 1.08 bits per heavy atom. The minimum atomic E-state index is -4.65. The topological polar surface area (TPSA) is 157 Å². The van der Waals surface area contributed by atoms with E-state index in [0.717, 1.165) is 6.42 Å². The molecule has 5 unspecified atom stereocenters. The summed E-state index contributed by atoms with van der Waals surface area (Å²) in [6.07, 6.45) is -4.81. The summed E-state index contributed by atoms with van der Waals surface area (Å²) in [6.45, 7) is 17.7. The largest absolute Gasteiger partial charge is 0.389 e. The summed E-state index contributed by atoms with van der Waals surface area (Å²) < 4.78 is 53.9. The second-order valence-corrected chi connectivity index (χ2v) is 17.1. The summed E-state index contributed by atoms with van der Waals surface area (Å²) in [7, 11) is -1.12. The predicted molar refractivity (Wildman–Crippen MR) is 177 cm³/mol. The minimum absolute atomic E-state index is 0.00843. The Morgan fingerprint density at radius 2 is 1.73 bits per heavy atom. The van der Waals surface area contributed by atoms with Crippen LogP contribution in [0.3, 0.4) is 0 Å². The second-order valence-electron chi connectivity index (χ2n) is 15.5. The van der Waals surface area contributed by atoms with Crippen LogP contribution < -0.4 is 21.3 Å². The monoisotopic (exact) mass is 716 g/mol. The summed E-state index contributed by atoms with van der Waals surface area (Å²) >= 11 is 0. The van der Waals surface area contributed by atoms with Crippen molar-refractivity contribution in [2.75, 3.05) is 31.9 Å². The van der Waals surface area contributed by atoms with Gasteiger partial charge in [0.1, 0.15) is 12.1 Å². The Hall–Kier alpha value is -3.01. The molecule has 2 heterocycles. The first-order valence-electron chi connectivity index (χ1n) is 16.9. The van der Waals surface area contributed by atoms with Gasteiger partial charge in [0, 0.05) is 49.8 Å². The van der Waals surface area contributed by atoms with E-state index in [1.54, 1.807) is 20.8 Å². The van der Waals surface area contributed by atoms with Crippen LogP contribution in [0.1, 0.15) is 67.7 Å². The normalized spacial score (nSPS) is 30.8. The number of alkyl halides is 3. The molecule has 0 aromatic carbocycles. The number of fused-ring (bicyclic) bond motifs is 1. The lowest BCUT2D eigenvalue weighted by Gasteiger charge is -2.37. The van der Waals surface area contributed by atoms with E-state index in [4.69, 9.17) is 0 Å². The molecule has 2 saturated heterocycles. The molecule has 0 aromatic rings. The number of Topliss-reactive ketones (excluding diaryl/α,β-unsaturated/α-hetero) is 1. The summed E-state index contributed by atoms with van der Waals surface area (Å²) in [4.78, 5) is 68.7. The highest BCUT2D eigenvalue weighted by molar-refractivity contribution is 7.82. The number of piperidine rings is 1. The van der Waals surface area contributed by atoms with Crippen LogP contribution in [-0.4, -0.2) is 105 Å². The Morgan fingerprint density at radius 3 is 2.24 bits per heavy atom. The molecule has 9 atom stereocenters. The average Bonchev–Trinajstić information content (AvgIpc) is 3.46. The number of amides is 5. The molecule has 49 heavy (non-hydrogen) atoms. The molecule has 4 rings (SSSR count). The molecular formula is C33H51F3N6O6S. The fourth-order valence-corrected chi connectivity index (χ4v) is 9.54. The standard InChI is InChI=1S/C33H51F3N6O6S/c1-9-13-37-26(44)23(43)20(11-12-32(34,35)36)38-27(45)25-33-19(4)31(33,8)22(33)17-42(25)28(46)24(30(5,6)7)40-29(47)39-21(18(2)3)16-41-14-10-15-49(41)48/h9,18-22,24-25H,1,10-17H2,2-8H3,(H,37,44)(H,38,45)(H2,39,40,47)/t19?,20?,21-,22-,24-,25-,31?,33?,49?/m1/s1. The zero-order valence-electron chi connectivity index (χ0n) is 29.4. The van der Waals surface area contributed by atoms with Crippen molar-refractivity contribution in [1.82, 2.24) is 30.5 Å². The smallest absolute Gasteiger partial charge is 0.346 e. The van der Waals surface area contributed by atoms with E-state index >= 15 is 0 Å². The van der Waals surface area contributed by atoms with Crippen molar-refractivity contribution in [3.8, 4) is 0 Å². The number of rotatable bonds is 14. The third-order valence-corrected chi connectivity index (χ3v) is 12.8. The van der Waals surface area contributed by atoms with Crippen LogP contribution in [0.4, 0.5) is 18.0 Å². The zero-order valence-corrected chi connectivity index (χ0v) is 30.2. The van der Waals surface area contributed by atoms with Crippen molar-refractivity contribution in [1.29, 1.82) is 0 Å². The quantitative estimate of drug-likeness (QED) is 0.160. The van der Waals surface area contributed by atoms with Gasteiger partial charge in [-0.25, -0.2) is 13.3 Å². The van der Waals surface area contributed by atoms with E-state index in [2.05, 4.69) is 27.8 Å². The third-order valence-electron chi connectivity index (χ3n) is 11.3. The molecule has 4 aliphatic rings. The summed E-state index contributed by atoms with van der Waals surface area (Å²) in [5, 5.41) is 10.4. The maximum Gasteiger partial charge on any atom is 0.389 e. The van der Waals surface area contributed by atoms with E-state index in [1.165, 1.54) is 11.0 Å². The first-order chi connectivity index (χ1) is 22.6. The van der Waals surface area contributed by atoms with Crippen LogP contribution in [0.2, 0.25) is 0 Å². The summed E-state index contributed by atoms with van der Waals surface area (Å²) in [6, 6.07) is -4.96. The van der Waals surface area contributed by atoms with Gasteiger partial charge in [-0.15, -0.1) is 6.58 Å². The first-order valence-corrected chi connectivity index (χ1v) is 18.2. The van der Waals surface area contributed by atoms with Gasteiger partial charge in [-0.3, -0.25) is 19.2 Å². The van der Waals surface area contributed by atoms with Crippen LogP contribution in [0, 0.1) is 34.0 Å². The van der Waals surface area contributed by atoms with E-state index in [1.807, 2.05) is 32.0 Å². The molecule has 4 N–H and O–H groups in total. The SMILES string of the molecule is C=CCNC(=O)C(=O)C(CCC(F)(F)F)NC(=O)[C@H]1N(C(=O)[C@@H](NC(=O)N[C@H](CN2CCCS2=O)C(C)C)C(C)(C)C)C[C@@H]2C3(C)C(C)C213. The van der Waals surface area contributed by atoms with Gasteiger partial charge in [-0.1, -0.05) is 54.5 Å². The minimum Gasteiger partial charge on any atom is -0.346 e. The number of hydrogen-bond donors (Lipinski definition) is 4. The van der Waals surface area contributed by atoms with E-state index in [-0.39, 0.29) is 42.3 Å². The zero-order chi connectivity index (χ0) is 36.9. The molecule has 0 radical (unpaired) electrons. The number of likely N-dealkylation sites (tertiary alicyclic amines) is 1. The fourth-order valence-electron chi connectivity index (χ4n) is 8.25. The third kappa shape index (κ3) is 7.40. The number of hydrogen-bond acceptors (Lipinski definition) is 6. The molecule has 0 bridgehead atoms. The maximum atomic E-state index is 14.4. The Balaban J connectivity index is 1.55. The molecule has 276 valence electrons. The second kappa shape index (κ2) is 14.0. The lowest BCUT2D eigenvalue weighted by atomic mass is 9.85. The van der Waals surface area contributed by atoms with Gasteiger partial charge in [0.05, 0.1) is 17.0 Å². The van der Waals surface area contributed by atoms with Crippen LogP contribution in [-0.2, 0) is 30.2 Å². The van der Waals surface area contributed by atoms with E-state index in [0.29, 0.717) is 18.8 Å². The highest BCUT2D eigenvalue weighted by Gasteiger charge is 2.99. The average molecular weight is 717 g/mol. The van der Waals surface area contributed by atoms with Crippen molar-refractivity contribution < 1.29 is 41.4 Å². The highest BCUT2D eigenvalue weighted by atomic mass is 32.2. The van der Waals surface area contributed by atoms with Gasteiger partial charge >= 0.3 is 12.2 Å². The predicted octanol–water partition coefficient (Wildman–Crippen LogP) is 2.28. The molecule has 4 fully saturated rings. The molecular weight excluding hydrogens is 665 g/mol. The van der Waals surface area contributed by atoms with Gasteiger partial charge in [0.15, 0.2) is 0 Å². The Labute approximate surface area is 288 Å². The van der Waals surface area contributed by atoms with Crippen molar-refractivity contribution >= 4 is 40.5 Å². The number of nitrogens with zero attached hydrogens (tertiary/aromatic N) is 2. The van der Waals surface area contributed by atoms with E-state index < -0.39 is 88.5 Å². The number of nitrogens with one attached hydrogen (secondary N) is 4. The highest BCUT2D eigenvalue weighted by Crippen LogP contribution is 2.97. The summed E-state index contributed by atoms with van der Waals surface area (Å²) in [5.74, 6) is -3.19. The van der Waals surface area contributed by atoms with Gasteiger partial charge in [0.2, 0.25) is 17.6 Å². The molecule has 1 spiro atoms. The molecule has 2 saturated carbocycles. The van der Waals surface area contributed by atoms with Gasteiger partial charge < -0.3 is 26.2 Å². The lowest BCUT2D eigenvalue weighted by Crippen LogP contribution is -2.62. The fraction of sp³-hybridized carbons (Fsp3) is 0.788. The Bertz CT molecular complexity index is 1390. The lowest BCUT2D eigenvalue weighted by molar-refractivity contribution is -0.148. The van der Waals surface area contributed by atoms with Gasteiger partial charge in [-0.2, -0.15) is 13.2 Å². The molecule has 0 aromatic heterocycles. The van der Waals surface area contributed by atoms with Crippen molar-refractivity contribution in [3.05, 3.63) is 12.7 Å².